The first-order chi connectivity index (χ1) is 8.72. The first kappa shape index (κ1) is 11.9. The fraction of sp³-hybridized carbons (Fsp3) is 0.538. The largest absolute Gasteiger partial charge is 0.294 e. The summed E-state index contributed by atoms with van der Waals surface area (Å²) in [6.45, 7) is 7.41. The van der Waals surface area contributed by atoms with Crippen LogP contribution >= 0.6 is 11.3 Å². The van der Waals surface area contributed by atoms with E-state index >= 15 is 0 Å². The van der Waals surface area contributed by atoms with Crippen LogP contribution in [-0.2, 0) is 6.54 Å². The Labute approximate surface area is 111 Å². The molecule has 1 fully saturated rings. The van der Waals surface area contributed by atoms with Crippen LogP contribution in [0.2, 0.25) is 0 Å². The molecule has 96 valence electrons. The van der Waals surface area contributed by atoms with Gasteiger partial charge in [0, 0.05) is 30.4 Å². The molecular weight excluding hydrogens is 244 g/mol. The first-order valence-electron chi connectivity index (χ1n) is 6.36. The number of rotatable bonds is 3. The third-order valence-electron chi connectivity index (χ3n) is 3.48. The van der Waals surface area contributed by atoms with E-state index in [9.17, 15) is 0 Å². The minimum absolute atomic E-state index is 0.527. The second-order valence-corrected chi connectivity index (χ2v) is 5.95. The molecule has 3 rings (SSSR count). The van der Waals surface area contributed by atoms with Crippen molar-refractivity contribution in [2.45, 2.75) is 32.9 Å². The van der Waals surface area contributed by atoms with Gasteiger partial charge in [-0.3, -0.25) is 9.58 Å². The summed E-state index contributed by atoms with van der Waals surface area (Å²) >= 11 is 1.74. The van der Waals surface area contributed by atoms with Crippen molar-refractivity contribution in [2.75, 3.05) is 13.1 Å². The van der Waals surface area contributed by atoms with Gasteiger partial charge in [0.15, 0.2) is 0 Å². The quantitative estimate of drug-likeness (QED) is 0.852. The molecule has 0 N–H and O–H groups in total. The molecule has 4 nitrogen and oxygen atoms in total. The molecule has 18 heavy (non-hydrogen) atoms. The zero-order chi connectivity index (χ0) is 12.5. The van der Waals surface area contributed by atoms with E-state index in [1.807, 2.05) is 11.6 Å². The standard InChI is InChI=1S/C13H18N4S/c1-10-7-11(2)17(15-10)12-3-5-16(8-12)9-13-14-4-6-18-13/h4,6-7,12H,3,5,8-9H2,1-2H3/t12-/m0/s1. The molecule has 0 aromatic carbocycles. The zero-order valence-corrected chi connectivity index (χ0v) is 11.7. The smallest absolute Gasteiger partial charge is 0.107 e. The van der Waals surface area contributed by atoms with Crippen LogP contribution in [0.15, 0.2) is 17.6 Å². The minimum atomic E-state index is 0.527. The monoisotopic (exact) mass is 262 g/mol. The highest BCUT2D eigenvalue weighted by Crippen LogP contribution is 2.24. The summed E-state index contributed by atoms with van der Waals surface area (Å²) in [7, 11) is 0. The predicted molar refractivity (Wildman–Crippen MR) is 72.7 cm³/mol. The first-order valence-corrected chi connectivity index (χ1v) is 7.24. The van der Waals surface area contributed by atoms with Gasteiger partial charge in [0.25, 0.3) is 0 Å². The van der Waals surface area contributed by atoms with Crippen LogP contribution in [0.1, 0.15) is 28.9 Å². The SMILES string of the molecule is Cc1cc(C)n([C@H]2CCN(Cc3nccs3)C2)n1. The Balaban J connectivity index is 1.66. The van der Waals surface area contributed by atoms with Gasteiger partial charge in [0.1, 0.15) is 5.01 Å². The number of nitrogens with zero attached hydrogens (tertiary/aromatic N) is 4. The van der Waals surface area contributed by atoms with Crippen LogP contribution in [0.25, 0.3) is 0 Å². The highest BCUT2D eigenvalue weighted by Gasteiger charge is 2.25. The van der Waals surface area contributed by atoms with Gasteiger partial charge in [-0.15, -0.1) is 11.3 Å². The molecular formula is C13H18N4S. The zero-order valence-electron chi connectivity index (χ0n) is 10.8. The maximum Gasteiger partial charge on any atom is 0.107 e. The second-order valence-electron chi connectivity index (χ2n) is 4.98. The summed E-state index contributed by atoms with van der Waals surface area (Å²) in [5, 5.41) is 7.86. The van der Waals surface area contributed by atoms with Gasteiger partial charge in [-0.2, -0.15) is 5.10 Å². The van der Waals surface area contributed by atoms with Crippen molar-refractivity contribution in [1.82, 2.24) is 19.7 Å². The summed E-state index contributed by atoms with van der Waals surface area (Å²) in [5.74, 6) is 0. The van der Waals surface area contributed by atoms with Gasteiger partial charge >= 0.3 is 0 Å². The average molecular weight is 262 g/mol. The molecule has 2 aromatic heterocycles. The molecule has 5 heteroatoms. The van der Waals surface area contributed by atoms with E-state index in [1.165, 1.54) is 17.1 Å². The van der Waals surface area contributed by atoms with Crippen LogP contribution in [0.3, 0.4) is 0 Å². The Bertz CT molecular complexity index is 517. The maximum absolute atomic E-state index is 4.60. The predicted octanol–water partition coefficient (Wildman–Crippen LogP) is 2.40. The molecule has 0 radical (unpaired) electrons. The van der Waals surface area contributed by atoms with Crippen molar-refractivity contribution in [3.8, 4) is 0 Å². The Morgan fingerprint density at radius 3 is 3.00 bits per heavy atom. The number of aryl methyl sites for hydroxylation is 2. The Morgan fingerprint density at radius 2 is 2.33 bits per heavy atom. The van der Waals surface area contributed by atoms with Crippen molar-refractivity contribution in [3.05, 3.63) is 34.0 Å². The third-order valence-corrected chi connectivity index (χ3v) is 4.24. The van der Waals surface area contributed by atoms with Crippen molar-refractivity contribution in [1.29, 1.82) is 0 Å². The van der Waals surface area contributed by atoms with Crippen molar-refractivity contribution in [3.63, 3.8) is 0 Å². The van der Waals surface area contributed by atoms with E-state index in [1.54, 1.807) is 11.3 Å². The lowest BCUT2D eigenvalue weighted by Gasteiger charge is -2.15. The normalized spacial score (nSPS) is 20.7. The van der Waals surface area contributed by atoms with Gasteiger partial charge in [0.2, 0.25) is 0 Å². The molecule has 0 amide bonds. The maximum atomic E-state index is 4.60. The van der Waals surface area contributed by atoms with Gasteiger partial charge in [-0.25, -0.2) is 4.98 Å². The summed E-state index contributed by atoms with van der Waals surface area (Å²) in [5.41, 5.74) is 2.39. The Kier molecular flexibility index (Phi) is 3.18. The van der Waals surface area contributed by atoms with Crippen LogP contribution in [-0.4, -0.2) is 32.8 Å². The Morgan fingerprint density at radius 1 is 1.44 bits per heavy atom. The van der Waals surface area contributed by atoms with Gasteiger partial charge in [0.05, 0.1) is 18.3 Å². The summed E-state index contributed by atoms with van der Waals surface area (Å²) in [6, 6.07) is 2.68. The summed E-state index contributed by atoms with van der Waals surface area (Å²) in [4.78, 5) is 6.83. The molecule has 1 saturated heterocycles. The number of thiazole rings is 1. The lowest BCUT2D eigenvalue weighted by Crippen LogP contribution is -2.21. The lowest BCUT2D eigenvalue weighted by molar-refractivity contribution is 0.310. The van der Waals surface area contributed by atoms with Gasteiger partial charge in [-0.1, -0.05) is 0 Å². The van der Waals surface area contributed by atoms with Crippen molar-refractivity contribution in [2.24, 2.45) is 0 Å². The van der Waals surface area contributed by atoms with Crippen molar-refractivity contribution >= 4 is 11.3 Å². The second kappa shape index (κ2) is 4.82. The van der Waals surface area contributed by atoms with Crippen LogP contribution in [0.5, 0.6) is 0 Å². The number of hydrogen-bond acceptors (Lipinski definition) is 4. The highest BCUT2D eigenvalue weighted by molar-refractivity contribution is 7.09. The van der Waals surface area contributed by atoms with E-state index in [-0.39, 0.29) is 0 Å². The van der Waals surface area contributed by atoms with Crippen molar-refractivity contribution < 1.29 is 0 Å². The van der Waals surface area contributed by atoms with Gasteiger partial charge < -0.3 is 0 Å². The molecule has 0 saturated carbocycles. The van der Waals surface area contributed by atoms with Crippen LogP contribution in [0.4, 0.5) is 0 Å². The third kappa shape index (κ3) is 2.33. The van der Waals surface area contributed by atoms with E-state index in [4.69, 9.17) is 0 Å². The lowest BCUT2D eigenvalue weighted by atomic mass is 10.2. The molecule has 1 atom stereocenters. The average Bonchev–Trinajstić information content (AvgIpc) is 3.01. The molecule has 0 unspecified atom stereocenters. The van der Waals surface area contributed by atoms with Gasteiger partial charge in [-0.05, 0) is 26.3 Å². The fourth-order valence-corrected chi connectivity index (χ4v) is 3.35. The van der Waals surface area contributed by atoms with Crippen LogP contribution < -0.4 is 0 Å². The molecule has 3 heterocycles. The van der Waals surface area contributed by atoms with E-state index in [0.717, 1.165) is 25.3 Å². The van der Waals surface area contributed by atoms with E-state index in [0.29, 0.717) is 6.04 Å². The van der Waals surface area contributed by atoms with E-state index < -0.39 is 0 Å². The molecule has 0 bridgehead atoms. The molecule has 0 spiro atoms. The molecule has 2 aromatic rings. The molecule has 1 aliphatic rings. The minimum Gasteiger partial charge on any atom is -0.294 e. The number of hydrogen-bond donors (Lipinski definition) is 0. The topological polar surface area (TPSA) is 34.0 Å². The fourth-order valence-electron chi connectivity index (χ4n) is 2.69. The van der Waals surface area contributed by atoms with Crippen LogP contribution in [0, 0.1) is 13.8 Å². The highest BCUT2D eigenvalue weighted by atomic mass is 32.1. The summed E-state index contributed by atoms with van der Waals surface area (Å²) < 4.78 is 2.19. The molecule has 1 aliphatic heterocycles. The Hall–Kier alpha value is -1.20. The summed E-state index contributed by atoms with van der Waals surface area (Å²) in [6.07, 6.45) is 3.07. The van der Waals surface area contributed by atoms with E-state index in [2.05, 4.69) is 39.6 Å². The number of likely N-dealkylation sites (tertiary alicyclic amines) is 1. The molecule has 0 aliphatic carbocycles. The number of aromatic nitrogens is 3.